The number of aromatic nitrogens is 2. The van der Waals surface area contributed by atoms with Gasteiger partial charge in [0.1, 0.15) is 10.3 Å². The second kappa shape index (κ2) is 9.60. The van der Waals surface area contributed by atoms with Crippen LogP contribution in [0.5, 0.6) is 0 Å². The summed E-state index contributed by atoms with van der Waals surface area (Å²) < 4.78 is 9.45. The lowest BCUT2D eigenvalue weighted by Gasteiger charge is -2.07. The minimum Gasteiger partial charge on any atom is -0.408 e. The Morgan fingerprint density at radius 3 is 1.93 bits per heavy atom. The molecule has 0 saturated heterocycles. The Balaban J connectivity index is 1.89. The smallest absolute Gasteiger partial charge is 0.348 e. The summed E-state index contributed by atoms with van der Waals surface area (Å²) in [6.45, 7) is 0. The molecule has 2 aromatic heterocycles. The Labute approximate surface area is 162 Å². The van der Waals surface area contributed by atoms with Crippen molar-refractivity contribution in [3.05, 3.63) is 58.1 Å². The van der Waals surface area contributed by atoms with E-state index in [1.807, 2.05) is 0 Å². The van der Waals surface area contributed by atoms with E-state index in [9.17, 15) is 14.4 Å². The van der Waals surface area contributed by atoms with E-state index in [1.54, 1.807) is 0 Å². The number of ether oxygens (including phenoxy) is 2. The monoisotopic (exact) mass is 411 g/mol. The molecule has 0 bridgehead atoms. The van der Waals surface area contributed by atoms with Gasteiger partial charge in [0.05, 0.1) is 17.5 Å². The molecular weight excluding hydrogens is 401 g/mol. The van der Waals surface area contributed by atoms with E-state index in [0.29, 0.717) is 0 Å². The molecule has 0 fully saturated rings. The Bertz CT molecular complexity index is 903. The minimum atomic E-state index is -0.986. The first-order valence-corrected chi connectivity index (χ1v) is 8.07. The molecule has 0 aromatic carbocycles. The number of pyridine rings is 2. The average molecular weight is 412 g/mol. The number of rotatable bonds is 5. The fourth-order valence-electron chi connectivity index (χ4n) is 1.78. The molecule has 0 aliphatic rings. The molecule has 0 amide bonds. The summed E-state index contributed by atoms with van der Waals surface area (Å²) in [5.41, 5.74) is -0.134. The van der Waals surface area contributed by atoms with Gasteiger partial charge in [-0.15, -0.1) is 0 Å². The van der Waals surface area contributed by atoms with Crippen LogP contribution in [0.1, 0.15) is 33.6 Å². The van der Waals surface area contributed by atoms with E-state index in [4.69, 9.17) is 33.1 Å². The first-order chi connectivity index (χ1) is 12.9. The number of carbonyl (C=O) groups is 3. The van der Waals surface area contributed by atoms with Gasteiger partial charge in [0, 0.05) is 18.8 Å². The molecule has 27 heavy (non-hydrogen) atoms. The fourth-order valence-corrected chi connectivity index (χ4v) is 2.17. The first kappa shape index (κ1) is 20.3. The minimum absolute atomic E-state index is 0.0516. The summed E-state index contributed by atoms with van der Waals surface area (Å²) in [5.74, 6) is -3.33. The van der Waals surface area contributed by atoms with E-state index < -0.39 is 30.2 Å². The van der Waals surface area contributed by atoms with Gasteiger partial charge in [-0.3, -0.25) is 4.79 Å². The van der Waals surface area contributed by atoms with Crippen molar-refractivity contribution in [2.45, 2.75) is 12.8 Å². The van der Waals surface area contributed by atoms with Crippen molar-refractivity contribution in [3.63, 3.8) is 0 Å². The van der Waals surface area contributed by atoms with E-state index in [2.05, 4.69) is 19.9 Å². The maximum Gasteiger partial charge on any atom is 0.348 e. The van der Waals surface area contributed by atoms with Gasteiger partial charge in [0.15, 0.2) is 0 Å². The van der Waals surface area contributed by atoms with Crippen LogP contribution in [-0.2, 0) is 14.3 Å². The second-order valence-corrected chi connectivity index (χ2v) is 5.54. The van der Waals surface area contributed by atoms with Crippen molar-refractivity contribution < 1.29 is 29.1 Å². The van der Waals surface area contributed by atoms with Gasteiger partial charge in [0.25, 0.3) is 0 Å². The van der Waals surface area contributed by atoms with Gasteiger partial charge in [-0.25, -0.2) is 19.6 Å². The van der Waals surface area contributed by atoms with Gasteiger partial charge >= 0.3 is 17.9 Å². The lowest BCUT2D eigenvalue weighted by Crippen LogP contribution is -2.17. The third-order valence-electron chi connectivity index (χ3n) is 3.03. The van der Waals surface area contributed by atoms with Gasteiger partial charge < -0.3 is 14.7 Å². The second-order valence-electron chi connectivity index (χ2n) is 4.83. The number of hydrogen-bond donors (Lipinski definition) is 1. The largest absolute Gasteiger partial charge is 0.408 e. The molecule has 2 rings (SSSR count). The van der Waals surface area contributed by atoms with Crippen molar-refractivity contribution in [2.75, 3.05) is 0 Å². The van der Waals surface area contributed by atoms with Crippen LogP contribution in [-0.4, -0.2) is 39.0 Å². The van der Waals surface area contributed by atoms with Crippen LogP contribution in [0.2, 0.25) is 10.3 Å². The summed E-state index contributed by atoms with van der Waals surface area (Å²) >= 11 is 11.5. The van der Waals surface area contributed by atoms with Crippen molar-refractivity contribution in [2.24, 2.45) is 5.16 Å². The normalized spacial score (nSPS) is 11.0. The topological polar surface area (TPSA) is 128 Å². The Kier molecular flexibility index (Phi) is 7.21. The summed E-state index contributed by atoms with van der Waals surface area (Å²) in [7, 11) is 0. The molecule has 2 heterocycles. The highest BCUT2D eigenvalue weighted by Crippen LogP contribution is 2.15. The number of carbonyl (C=O) groups excluding carboxylic acids is 3. The van der Waals surface area contributed by atoms with Crippen LogP contribution in [0.3, 0.4) is 0 Å². The highest BCUT2D eigenvalue weighted by Gasteiger charge is 2.20. The Hall–Kier alpha value is -3.04. The molecule has 0 aliphatic heterocycles. The quantitative estimate of drug-likeness (QED) is 0.151. The molecule has 0 saturated carbocycles. The number of halogens is 2. The molecule has 9 nitrogen and oxygen atoms in total. The maximum absolute atomic E-state index is 11.9. The number of hydrogen-bond acceptors (Lipinski definition) is 9. The molecule has 2 aromatic rings. The maximum atomic E-state index is 11.9. The Morgan fingerprint density at radius 2 is 1.44 bits per heavy atom. The number of oxime groups is 1. The Morgan fingerprint density at radius 1 is 0.926 bits per heavy atom. The highest BCUT2D eigenvalue weighted by molar-refractivity contribution is 6.33. The molecule has 0 unspecified atom stereocenters. The van der Waals surface area contributed by atoms with Crippen LogP contribution < -0.4 is 0 Å². The summed E-state index contributed by atoms with van der Waals surface area (Å²) in [5, 5.41) is 11.5. The van der Waals surface area contributed by atoms with Crippen LogP contribution in [0.25, 0.3) is 0 Å². The third kappa shape index (κ3) is 5.73. The predicted molar refractivity (Wildman–Crippen MR) is 92.8 cm³/mol. The zero-order chi connectivity index (χ0) is 19.8. The van der Waals surface area contributed by atoms with Crippen LogP contribution in [0, 0.1) is 0 Å². The lowest BCUT2D eigenvalue weighted by molar-refractivity contribution is -0.137. The van der Waals surface area contributed by atoms with E-state index in [0.717, 1.165) is 0 Å². The molecule has 0 radical (unpaired) electrons. The zero-order valence-corrected chi connectivity index (χ0v) is 15.0. The molecule has 140 valence electrons. The molecular formula is C16H11Cl2N3O6. The summed E-state index contributed by atoms with van der Waals surface area (Å²) in [6, 6.07) is 5.61. The highest BCUT2D eigenvalue weighted by atomic mass is 35.5. The predicted octanol–water partition coefficient (Wildman–Crippen LogP) is 2.89. The van der Waals surface area contributed by atoms with Crippen molar-refractivity contribution in [3.8, 4) is 0 Å². The molecule has 11 heteroatoms. The van der Waals surface area contributed by atoms with Gasteiger partial charge in [-0.1, -0.05) is 28.4 Å². The van der Waals surface area contributed by atoms with Crippen molar-refractivity contribution in [1.29, 1.82) is 0 Å². The molecule has 0 aliphatic carbocycles. The molecule has 0 spiro atoms. The summed E-state index contributed by atoms with van der Waals surface area (Å²) in [6.07, 6.45) is 2.03. The van der Waals surface area contributed by atoms with Gasteiger partial charge in [-0.05, 0) is 24.3 Å². The van der Waals surface area contributed by atoms with Gasteiger partial charge in [0.2, 0.25) is 5.90 Å². The van der Waals surface area contributed by atoms with Crippen LogP contribution in [0.15, 0.2) is 41.8 Å². The first-order valence-electron chi connectivity index (χ1n) is 7.31. The lowest BCUT2D eigenvalue weighted by atomic mass is 10.2. The summed E-state index contributed by atoms with van der Waals surface area (Å²) in [4.78, 5) is 42.9. The fraction of sp³-hybridized carbons (Fsp3) is 0.125. The van der Waals surface area contributed by atoms with E-state index >= 15 is 0 Å². The molecule has 1 N–H and O–H groups in total. The third-order valence-corrected chi connectivity index (χ3v) is 3.63. The van der Waals surface area contributed by atoms with Crippen LogP contribution >= 0.6 is 23.2 Å². The molecule has 0 atom stereocenters. The zero-order valence-electron chi connectivity index (χ0n) is 13.5. The van der Waals surface area contributed by atoms with Crippen molar-refractivity contribution >= 4 is 47.0 Å². The van der Waals surface area contributed by atoms with Gasteiger partial charge in [-0.2, -0.15) is 0 Å². The number of esters is 3. The van der Waals surface area contributed by atoms with E-state index in [-0.39, 0.29) is 27.9 Å². The van der Waals surface area contributed by atoms with Crippen LogP contribution in [0.4, 0.5) is 0 Å². The average Bonchev–Trinajstić information content (AvgIpc) is 2.65. The number of nitrogens with zero attached hydrogens (tertiary/aromatic N) is 3. The standard InChI is InChI=1S/C16H11Cl2N3O6/c17-13-9(3-1-7-19-13)15(23)26-11(21-25)5-6-12(22)27-16(24)10-4-2-8-20-14(10)18/h1-4,7-8,25H,5-6H2/b21-11-. The SMILES string of the molecule is O=C(CC/C(=N/O)OC(=O)c1cccnc1Cl)OC(=O)c1cccnc1Cl. The van der Waals surface area contributed by atoms with E-state index in [1.165, 1.54) is 36.7 Å². The van der Waals surface area contributed by atoms with Crippen molar-refractivity contribution in [1.82, 2.24) is 9.97 Å².